The predicted molar refractivity (Wildman–Crippen MR) is 83.0 cm³/mol. The third-order valence-electron chi connectivity index (χ3n) is 3.01. The number of ether oxygens (including phenoxy) is 1. The Morgan fingerprint density at radius 2 is 2.15 bits per heavy atom. The normalized spacial score (nSPS) is 10.3. The Balaban J connectivity index is 2.25. The molecule has 1 amide bonds. The molecular weight excluding hydrogens is 322 g/mol. The van der Waals surface area contributed by atoms with Crippen molar-refractivity contribution in [3.8, 4) is 5.75 Å². The molecule has 2 N–H and O–H groups in total. The van der Waals surface area contributed by atoms with Crippen molar-refractivity contribution >= 4 is 21.8 Å². The standard InChI is InChI=1S/C15H22BrNO3/c1-20-14-7-5-12(11-13(14)16)6-8-15(19)17-9-3-2-4-10-18/h5,7,11,18H,2-4,6,8-10H2,1H3,(H,17,19). The molecule has 0 bridgehead atoms. The highest BCUT2D eigenvalue weighted by molar-refractivity contribution is 9.10. The van der Waals surface area contributed by atoms with Crippen LogP contribution in [0.4, 0.5) is 0 Å². The van der Waals surface area contributed by atoms with Crippen LogP contribution in [-0.4, -0.2) is 31.3 Å². The molecule has 0 unspecified atom stereocenters. The van der Waals surface area contributed by atoms with Gasteiger partial charge in [0, 0.05) is 19.6 Å². The molecule has 20 heavy (non-hydrogen) atoms. The number of aliphatic hydroxyl groups excluding tert-OH is 1. The van der Waals surface area contributed by atoms with Crippen LogP contribution in [0.25, 0.3) is 0 Å². The Morgan fingerprint density at radius 1 is 1.35 bits per heavy atom. The Labute approximate surface area is 128 Å². The molecule has 0 spiro atoms. The van der Waals surface area contributed by atoms with E-state index in [4.69, 9.17) is 9.84 Å². The van der Waals surface area contributed by atoms with Gasteiger partial charge in [-0.15, -0.1) is 0 Å². The van der Waals surface area contributed by atoms with Gasteiger partial charge >= 0.3 is 0 Å². The highest BCUT2D eigenvalue weighted by atomic mass is 79.9. The molecule has 0 radical (unpaired) electrons. The summed E-state index contributed by atoms with van der Waals surface area (Å²) in [5.41, 5.74) is 1.10. The van der Waals surface area contributed by atoms with Gasteiger partial charge < -0.3 is 15.2 Å². The summed E-state index contributed by atoms with van der Waals surface area (Å²) in [6.07, 6.45) is 3.86. The minimum Gasteiger partial charge on any atom is -0.496 e. The first-order valence-corrected chi connectivity index (χ1v) is 7.66. The molecule has 0 atom stereocenters. The van der Waals surface area contributed by atoms with Gasteiger partial charge in [-0.3, -0.25) is 4.79 Å². The number of hydrogen-bond acceptors (Lipinski definition) is 3. The van der Waals surface area contributed by atoms with Gasteiger partial charge in [-0.25, -0.2) is 0 Å². The molecule has 0 saturated carbocycles. The maximum atomic E-state index is 11.7. The van der Waals surface area contributed by atoms with Crippen molar-refractivity contribution in [3.63, 3.8) is 0 Å². The zero-order valence-corrected chi connectivity index (χ0v) is 13.4. The number of carbonyl (C=O) groups excluding carboxylic acids is 1. The van der Waals surface area contributed by atoms with Gasteiger partial charge in [0.15, 0.2) is 0 Å². The van der Waals surface area contributed by atoms with Crippen LogP contribution in [0.5, 0.6) is 5.75 Å². The molecule has 0 heterocycles. The fourth-order valence-electron chi connectivity index (χ4n) is 1.85. The van der Waals surface area contributed by atoms with E-state index in [2.05, 4.69) is 21.2 Å². The lowest BCUT2D eigenvalue weighted by Crippen LogP contribution is -2.24. The summed E-state index contributed by atoms with van der Waals surface area (Å²) >= 11 is 3.43. The largest absolute Gasteiger partial charge is 0.496 e. The van der Waals surface area contributed by atoms with E-state index < -0.39 is 0 Å². The van der Waals surface area contributed by atoms with E-state index in [-0.39, 0.29) is 12.5 Å². The van der Waals surface area contributed by atoms with Crippen LogP contribution < -0.4 is 10.1 Å². The Morgan fingerprint density at radius 3 is 2.80 bits per heavy atom. The van der Waals surface area contributed by atoms with E-state index in [1.54, 1.807) is 7.11 Å². The molecular formula is C15H22BrNO3. The molecule has 0 aliphatic rings. The highest BCUT2D eigenvalue weighted by Gasteiger charge is 2.04. The lowest BCUT2D eigenvalue weighted by Gasteiger charge is -2.07. The number of nitrogens with one attached hydrogen (secondary N) is 1. The number of aliphatic hydroxyl groups is 1. The molecule has 1 aromatic rings. The van der Waals surface area contributed by atoms with Crippen molar-refractivity contribution in [2.45, 2.75) is 32.1 Å². The Bertz CT molecular complexity index is 424. The van der Waals surface area contributed by atoms with Crippen molar-refractivity contribution in [1.82, 2.24) is 5.32 Å². The number of unbranched alkanes of at least 4 members (excludes halogenated alkanes) is 2. The summed E-state index contributed by atoms with van der Waals surface area (Å²) in [5, 5.41) is 11.5. The second-order valence-corrected chi connectivity index (χ2v) is 5.46. The number of hydrogen-bond donors (Lipinski definition) is 2. The van der Waals surface area contributed by atoms with Crippen LogP contribution in [0.3, 0.4) is 0 Å². The molecule has 1 rings (SSSR count). The molecule has 4 nitrogen and oxygen atoms in total. The van der Waals surface area contributed by atoms with Gasteiger partial charge in [0.05, 0.1) is 11.6 Å². The lowest BCUT2D eigenvalue weighted by atomic mass is 10.1. The van der Waals surface area contributed by atoms with Gasteiger partial charge in [-0.1, -0.05) is 6.07 Å². The zero-order valence-electron chi connectivity index (χ0n) is 11.8. The molecule has 0 aliphatic carbocycles. The molecule has 5 heteroatoms. The van der Waals surface area contributed by atoms with Crippen LogP contribution >= 0.6 is 15.9 Å². The summed E-state index contributed by atoms with van der Waals surface area (Å²) in [7, 11) is 1.63. The third-order valence-corrected chi connectivity index (χ3v) is 3.63. The molecule has 0 aliphatic heterocycles. The van der Waals surface area contributed by atoms with Crippen LogP contribution in [0, 0.1) is 0 Å². The summed E-state index contributed by atoms with van der Waals surface area (Å²) in [6.45, 7) is 0.908. The van der Waals surface area contributed by atoms with Crippen LogP contribution in [-0.2, 0) is 11.2 Å². The van der Waals surface area contributed by atoms with Crippen molar-refractivity contribution in [2.75, 3.05) is 20.3 Å². The number of carbonyl (C=O) groups is 1. The fourth-order valence-corrected chi connectivity index (χ4v) is 2.44. The lowest BCUT2D eigenvalue weighted by molar-refractivity contribution is -0.121. The van der Waals surface area contributed by atoms with Crippen molar-refractivity contribution in [3.05, 3.63) is 28.2 Å². The van der Waals surface area contributed by atoms with E-state index in [1.165, 1.54) is 0 Å². The summed E-state index contributed by atoms with van der Waals surface area (Å²) < 4.78 is 6.07. The first kappa shape index (κ1) is 17.0. The second-order valence-electron chi connectivity index (χ2n) is 4.60. The van der Waals surface area contributed by atoms with E-state index in [0.717, 1.165) is 35.0 Å². The predicted octanol–water partition coefficient (Wildman–Crippen LogP) is 2.67. The highest BCUT2D eigenvalue weighted by Crippen LogP contribution is 2.25. The second kappa shape index (κ2) is 9.77. The van der Waals surface area contributed by atoms with Gasteiger partial charge in [0.2, 0.25) is 5.91 Å². The number of halogens is 1. The van der Waals surface area contributed by atoms with Gasteiger partial charge in [-0.2, -0.15) is 0 Å². The maximum absolute atomic E-state index is 11.7. The Kier molecular flexibility index (Phi) is 8.30. The van der Waals surface area contributed by atoms with Crippen molar-refractivity contribution in [1.29, 1.82) is 0 Å². The number of rotatable bonds is 9. The van der Waals surface area contributed by atoms with E-state index in [0.29, 0.717) is 19.4 Å². The average Bonchev–Trinajstić information content (AvgIpc) is 2.45. The Hall–Kier alpha value is -1.07. The summed E-state index contributed by atoms with van der Waals surface area (Å²) in [5.74, 6) is 0.864. The minimum absolute atomic E-state index is 0.0703. The van der Waals surface area contributed by atoms with Crippen molar-refractivity contribution in [2.24, 2.45) is 0 Å². The number of aryl methyl sites for hydroxylation is 1. The number of amides is 1. The van der Waals surface area contributed by atoms with Crippen LogP contribution in [0.2, 0.25) is 0 Å². The monoisotopic (exact) mass is 343 g/mol. The van der Waals surface area contributed by atoms with Crippen molar-refractivity contribution < 1.29 is 14.6 Å². The third kappa shape index (κ3) is 6.39. The smallest absolute Gasteiger partial charge is 0.220 e. The summed E-state index contributed by atoms with van der Waals surface area (Å²) in [6, 6.07) is 5.84. The molecule has 112 valence electrons. The first-order valence-electron chi connectivity index (χ1n) is 6.87. The zero-order chi connectivity index (χ0) is 14.8. The molecule has 0 aromatic heterocycles. The molecule has 0 saturated heterocycles. The minimum atomic E-state index is 0.0703. The quantitative estimate of drug-likeness (QED) is 0.677. The van der Waals surface area contributed by atoms with E-state index in [1.807, 2.05) is 18.2 Å². The van der Waals surface area contributed by atoms with E-state index in [9.17, 15) is 4.79 Å². The molecule has 0 fully saturated rings. The van der Waals surface area contributed by atoms with E-state index >= 15 is 0 Å². The van der Waals surface area contributed by atoms with Gasteiger partial charge in [-0.05, 0) is 59.3 Å². The van der Waals surface area contributed by atoms with Crippen LogP contribution in [0.15, 0.2) is 22.7 Å². The van der Waals surface area contributed by atoms with Crippen LogP contribution in [0.1, 0.15) is 31.2 Å². The first-order chi connectivity index (χ1) is 9.67. The average molecular weight is 344 g/mol. The summed E-state index contributed by atoms with van der Waals surface area (Å²) in [4.78, 5) is 11.7. The molecule has 1 aromatic carbocycles. The van der Waals surface area contributed by atoms with Gasteiger partial charge in [0.1, 0.15) is 5.75 Å². The fraction of sp³-hybridized carbons (Fsp3) is 0.533. The number of methoxy groups -OCH3 is 1. The van der Waals surface area contributed by atoms with Gasteiger partial charge in [0.25, 0.3) is 0 Å². The number of benzene rings is 1. The maximum Gasteiger partial charge on any atom is 0.220 e. The topological polar surface area (TPSA) is 58.6 Å². The SMILES string of the molecule is COc1ccc(CCC(=O)NCCCCCO)cc1Br.